The molecule has 0 bridgehead atoms. The average Bonchev–Trinajstić information content (AvgIpc) is 3.34. The number of anilines is 2. The van der Waals surface area contributed by atoms with Gasteiger partial charge in [0, 0.05) is 24.0 Å². The quantitative estimate of drug-likeness (QED) is 0.853. The van der Waals surface area contributed by atoms with Gasteiger partial charge in [-0.05, 0) is 24.5 Å². The fourth-order valence-corrected chi connectivity index (χ4v) is 4.01. The predicted octanol–water partition coefficient (Wildman–Crippen LogP) is 1.49. The summed E-state index contributed by atoms with van der Waals surface area (Å²) in [5.74, 6) is -0.376. The Morgan fingerprint density at radius 3 is 2.96 bits per heavy atom. The van der Waals surface area contributed by atoms with Crippen molar-refractivity contribution in [1.29, 1.82) is 0 Å². The summed E-state index contributed by atoms with van der Waals surface area (Å²) in [6.07, 6.45) is 1.93. The zero-order valence-corrected chi connectivity index (χ0v) is 14.8. The van der Waals surface area contributed by atoms with E-state index in [4.69, 9.17) is 0 Å². The number of carbonyl (C=O) groups excluding carboxylic acids is 3. The fourth-order valence-electron chi connectivity index (χ4n) is 3.30. The Balaban J connectivity index is 1.37. The van der Waals surface area contributed by atoms with Gasteiger partial charge in [0.1, 0.15) is 6.04 Å². The largest absolute Gasteiger partial charge is 0.344 e. The number of aromatic nitrogens is 1. The normalized spacial score (nSPS) is 18.5. The van der Waals surface area contributed by atoms with E-state index in [1.165, 1.54) is 16.9 Å². The van der Waals surface area contributed by atoms with Crippen molar-refractivity contribution in [3.63, 3.8) is 0 Å². The third-order valence-corrected chi connectivity index (χ3v) is 5.42. The molecule has 2 aliphatic heterocycles. The Morgan fingerprint density at radius 2 is 2.15 bits per heavy atom. The van der Waals surface area contributed by atoms with Crippen LogP contribution in [0.25, 0.3) is 0 Å². The first-order valence-corrected chi connectivity index (χ1v) is 9.41. The fraction of sp³-hybridized carbons (Fsp3) is 0.333. The minimum Gasteiger partial charge on any atom is -0.344 e. The Labute approximate surface area is 154 Å². The van der Waals surface area contributed by atoms with Crippen molar-refractivity contribution in [1.82, 2.24) is 10.3 Å². The highest BCUT2D eigenvalue weighted by Gasteiger charge is 2.28. The number of para-hydroxylation sites is 1. The van der Waals surface area contributed by atoms with Crippen LogP contribution < -0.4 is 15.5 Å². The summed E-state index contributed by atoms with van der Waals surface area (Å²) < 4.78 is 0. The lowest BCUT2D eigenvalue weighted by Gasteiger charge is -2.16. The number of fused-ring (bicyclic) bond motifs is 1. The van der Waals surface area contributed by atoms with Gasteiger partial charge in [-0.25, -0.2) is 4.98 Å². The van der Waals surface area contributed by atoms with Crippen LogP contribution in [-0.4, -0.2) is 35.3 Å². The molecule has 8 heteroatoms. The van der Waals surface area contributed by atoms with Crippen LogP contribution in [0.15, 0.2) is 29.6 Å². The molecule has 1 saturated heterocycles. The molecular formula is C18H18N4O3S. The highest BCUT2D eigenvalue weighted by Crippen LogP contribution is 2.28. The number of rotatable bonds is 4. The molecule has 2 aromatic rings. The van der Waals surface area contributed by atoms with Crippen molar-refractivity contribution < 1.29 is 14.4 Å². The molecule has 134 valence electrons. The van der Waals surface area contributed by atoms with E-state index >= 15 is 0 Å². The molecule has 3 heterocycles. The molecule has 2 N–H and O–H groups in total. The summed E-state index contributed by atoms with van der Waals surface area (Å²) in [5.41, 5.74) is 2.79. The minimum absolute atomic E-state index is 0.00110. The molecule has 0 saturated carbocycles. The maximum atomic E-state index is 12.6. The second kappa shape index (κ2) is 6.87. The van der Waals surface area contributed by atoms with Gasteiger partial charge in [-0.3, -0.25) is 14.4 Å². The SMILES string of the molecule is O=C1CCC(C(=O)Nc2nc(CC(=O)N3CCc4ccccc43)cs2)N1. The summed E-state index contributed by atoms with van der Waals surface area (Å²) in [4.78, 5) is 42.0. The number of carbonyl (C=O) groups is 3. The number of amides is 3. The second-order valence-corrected chi connectivity index (χ2v) is 7.25. The van der Waals surface area contributed by atoms with Crippen LogP contribution in [0.3, 0.4) is 0 Å². The number of nitrogens with zero attached hydrogens (tertiary/aromatic N) is 2. The monoisotopic (exact) mass is 370 g/mol. The first-order chi connectivity index (χ1) is 12.6. The van der Waals surface area contributed by atoms with E-state index in [1.54, 1.807) is 10.3 Å². The third kappa shape index (κ3) is 3.32. The van der Waals surface area contributed by atoms with Crippen LogP contribution >= 0.6 is 11.3 Å². The summed E-state index contributed by atoms with van der Waals surface area (Å²) >= 11 is 1.28. The molecule has 1 atom stereocenters. The van der Waals surface area contributed by atoms with Gasteiger partial charge in [-0.2, -0.15) is 0 Å². The van der Waals surface area contributed by atoms with Crippen LogP contribution in [0.5, 0.6) is 0 Å². The molecule has 0 spiro atoms. The maximum Gasteiger partial charge on any atom is 0.248 e. The molecule has 0 radical (unpaired) electrons. The van der Waals surface area contributed by atoms with Gasteiger partial charge in [-0.15, -0.1) is 11.3 Å². The van der Waals surface area contributed by atoms with Crippen LogP contribution in [0.4, 0.5) is 10.8 Å². The van der Waals surface area contributed by atoms with Crippen LogP contribution in [0, 0.1) is 0 Å². The molecule has 0 aliphatic carbocycles. The Morgan fingerprint density at radius 1 is 1.31 bits per heavy atom. The molecule has 2 aliphatic rings. The zero-order chi connectivity index (χ0) is 18.1. The van der Waals surface area contributed by atoms with Crippen molar-refractivity contribution in [2.24, 2.45) is 0 Å². The summed E-state index contributed by atoms with van der Waals surface area (Å²) in [7, 11) is 0. The Kier molecular flexibility index (Phi) is 4.42. The van der Waals surface area contributed by atoms with E-state index in [1.807, 2.05) is 24.3 Å². The Bertz CT molecular complexity index is 879. The lowest BCUT2D eigenvalue weighted by Crippen LogP contribution is -2.37. The molecular weight excluding hydrogens is 352 g/mol. The van der Waals surface area contributed by atoms with E-state index in [9.17, 15) is 14.4 Å². The van der Waals surface area contributed by atoms with Gasteiger partial charge in [-0.1, -0.05) is 18.2 Å². The predicted molar refractivity (Wildman–Crippen MR) is 98.1 cm³/mol. The molecule has 26 heavy (non-hydrogen) atoms. The summed E-state index contributed by atoms with van der Waals surface area (Å²) in [5, 5.41) is 7.56. The molecule has 1 unspecified atom stereocenters. The van der Waals surface area contributed by atoms with Crippen LogP contribution in [-0.2, 0) is 27.2 Å². The first-order valence-electron chi connectivity index (χ1n) is 8.53. The first kappa shape index (κ1) is 16.7. The molecule has 1 fully saturated rings. The van der Waals surface area contributed by atoms with Crippen molar-refractivity contribution in [2.45, 2.75) is 31.7 Å². The van der Waals surface area contributed by atoms with Gasteiger partial charge in [0.05, 0.1) is 12.1 Å². The van der Waals surface area contributed by atoms with Crippen molar-refractivity contribution in [3.8, 4) is 0 Å². The minimum atomic E-state index is -0.502. The van der Waals surface area contributed by atoms with Crippen LogP contribution in [0.2, 0.25) is 0 Å². The van der Waals surface area contributed by atoms with Crippen LogP contribution in [0.1, 0.15) is 24.1 Å². The maximum absolute atomic E-state index is 12.6. The van der Waals surface area contributed by atoms with Gasteiger partial charge in [0.25, 0.3) is 0 Å². The third-order valence-electron chi connectivity index (χ3n) is 4.61. The highest BCUT2D eigenvalue weighted by atomic mass is 32.1. The molecule has 7 nitrogen and oxygen atoms in total. The summed E-state index contributed by atoms with van der Waals surface area (Å²) in [6.45, 7) is 0.688. The zero-order valence-electron chi connectivity index (χ0n) is 14.0. The van der Waals surface area contributed by atoms with E-state index in [0.29, 0.717) is 30.2 Å². The second-order valence-electron chi connectivity index (χ2n) is 6.39. The van der Waals surface area contributed by atoms with E-state index < -0.39 is 6.04 Å². The van der Waals surface area contributed by atoms with E-state index in [0.717, 1.165) is 12.1 Å². The van der Waals surface area contributed by atoms with E-state index in [-0.39, 0.29) is 24.1 Å². The number of benzene rings is 1. The standard InChI is InChI=1S/C18H18N4O3S/c23-15-6-5-13(20-15)17(25)21-18-19-12(10-26-18)9-16(24)22-8-7-11-3-1-2-4-14(11)22/h1-4,10,13H,5-9H2,(H,20,23)(H,19,21,25). The highest BCUT2D eigenvalue weighted by molar-refractivity contribution is 7.13. The number of hydrogen-bond donors (Lipinski definition) is 2. The molecule has 3 amide bonds. The van der Waals surface area contributed by atoms with Crippen molar-refractivity contribution in [3.05, 3.63) is 40.9 Å². The van der Waals surface area contributed by atoms with Gasteiger partial charge in [0.2, 0.25) is 17.7 Å². The number of hydrogen-bond acceptors (Lipinski definition) is 5. The molecule has 4 rings (SSSR count). The van der Waals surface area contributed by atoms with Gasteiger partial charge < -0.3 is 15.5 Å². The van der Waals surface area contributed by atoms with E-state index in [2.05, 4.69) is 15.6 Å². The molecule has 1 aromatic carbocycles. The average molecular weight is 370 g/mol. The summed E-state index contributed by atoms with van der Waals surface area (Å²) in [6, 6.07) is 7.42. The van der Waals surface area contributed by atoms with Gasteiger partial charge in [0.15, 0.2) is 5.13 Å². The Hall–Kier alpha value is -2.74. The van der Waals surface area contributed by atoms with Crippen molar-refractivity contribution in [2.75, 3.05) is 16.8 Å². The van der Waals surface area contributed by atoms with Crippen molar-refractivity contribution >= 4 is 39.9 Å². The number of nitrogens with one attached hydrogen (secondary N) is 2. The number of thiazole rings is 1. The van der Waals surface area contributed by atoms with Gasteiger partial charge >= 0.3 is 0 Å². The lowest BCUT2D eigenvalue weighted by atomic mass is 10.2. The molecule has 1 aromatic heterocycles. The smallest absolute Gasteiger partial charge is 0.248 e. The topological polar surface area (TPSA) is 91.4 Å². The lowest BCUT2D eigenvalue weighted by molar-refractivity contribution is -0.122.